The van der Waals surface area contributed by atoms with Crippen molar-refractivity contribution in [1.82, 2.24) is 0 Å². The van der Waals surface area contributed by atoms with E-state index in [1.165, 1.54) is 12.8 Å². The molecule has 2 nitrogen and oxygen atoms in total. The summed E-state index contributed by atoms with van der Waals surface area (Å²) in [6, 6.07) is 0. The van der Waals surface area contributed by atoms with E-state index in [1.807, 2.05) is 0 Å². The van der Waals surface area contributed by atoms with Gasteiger partial charge in [-0.15, -0.1) is 0 Å². The summed E-state index contributed by atoms with van der Waals surface area (Å²) >= 11 is 3.36. The van der Waals surface area contributed by atoms with E-state index in [1.54, 1.807) is 0 Å². The van der Waals surface area contributed by atoms with E-state index in [0.29, 0.717) is 6.42 Å². The molecular formula is C10H18BrO2. The van der Waals surface area contributed by atoms with Gasteiger partial charge in [0, 0.05) is 5.33 Å². The number of hydrogen-bond acceptors (Lipinski definition) is 1. The van der Waals surface area contributed by atoms with Crippen LogP contribution in [-0.4, -0.2) is 16.4 Å². The lowest BCUT2D eigenvalue weighted by Gasteiger charge is -2.08. The fraction of sp³-hybridized carbons (Fsp3) is 0.800. The normalized spacial score (nSPS) is 12.8. The summed E-state index contributed by atoms with van der Waals surface area (Å²) in [5.74, 6) is -0.931. The van der Waals surface area contributed by atoms with E-state index in [4.69, 9.17) is 5.11 Å². The highest BCUT2D eigenvalue weighted by Gasteiger charge is 2.13. The van der Waals surface area contributed by atoms with Crippen LogP contribution in [0.5, 0.6) is 0 Å². The van der Waals surface area contributed by atoms with Crippen LogP contribution in [0.1, 0.15) is 38.5 Å². The zero-order valence-corrected chi connectivity index (χ0v) is 9.55. The predicted octanol–water partition coefficient (Wildman–Crippen LogP) is 3.26. The summed E-state index contributed by atoms with van der Waals surface area (Å²) in [6.45, 7) is 3.63. The number of aliphatic carboxylic acids is 1. The number of alkyl halides is 1. The number of halogens is 1. The van der Waals surface area contributed by atoms with Crippen LogP contribution >= 0.6 is 15.9 Å². The molecular weight excluding hydrogens is 232 g/mol. The van der Waals surface area contributed by atoms with Crippen molar-refractivity contribution in [3.63, 3.8) is 0 Å². The molecule has 0 aliphatic rings. The third-order valence-corrected chi connectivity index (χ3v) is 2.69. The smallest absolute Gasteiger partial charge is 0.306 e. The Balaban J connectivity index is 3.33. The second kappa shape index (κ2) is 8.54. The van der Waals surface area contributed by atoms with E-state index in [2.05, 4.69) is 22.9 Å². The first-order valence-electron chi connectivity index (χ1n) is 4.80. The first-order valence-corrected chi connectivity index (χ1v) is 5.92. The fourth-order valence-electron chi connectivity index (χ4n) is 1.23. The van der Waals surface area contributed by atoms with Crippen molar-refractivity contribution >= 4 is 21.9 Å². The Labute approximate surface area is 88.8 Å². The Kier molecular flexibility index (Phi) is 8.51. The van der Waals surface area contributed by atoms with Crippen LogP contribution in [0.4, 0.5) is 0 Å². The molecule has 1 atom stereocenters. The van der Waals surface area contributed by atoms with Crippen LogP contribution in [0.2, 0.25) is 0 Å². The summed E-state index contributed by atoms with van der Waals surface area (Å²) in [6.07, 6.45) is 5.81. The molecule has 1 radical (unpaired) electrons. The molecule has 0 aromatic rings. The molecule has 0 amide bonds. The van der Waals surface area contributed by atoms with Gasteiger partial charge in [0.2, 0.25) is 0 Å². The van der Waals surface area contributed by atoms with Crippen molar-refractivity contribution in [3.8, 4) is 0 Å². The summed E-state index contributed by atoms with van der Waals surface area (Å²) < 4.78 is 0. The van der Waals surface area contributed by atoms with Gasteiger partial charge in [0.15, 0.2) is 0 Å². The van der Waals surface area contributed by atoms with Crippen molar-refractivity contribution in [2.24, 2.45) is 5.92 Å². The Morgan fingerprint density at radius 3 is 2.38 bits per heavy atom. The maximum Gasteiger partial charge on any atom is 0.306 e. The van der Waals surface area contributed by atoms with E-state index in [9.17, 15) is 4.79 Å². The molecule has 0 fully saturated rings. The van der Waals surface area contributed by atoms with Gasteiger partial charge in [0.25, 0.3) is 0 Å². The molecule has 0 saturated carbocycles. The minimum Gasteiger partial charge on any atom is -0.481 e. The number of unbranched alkanes of at least 4 members (excludes halogenated alkanes) is 3. The summed E-state index contributed by atoms with van der Waals surface area (Å²) in [5, 5.41) is 9.77. The molecule has 77 valence electrons. The molecule has 0 aromatic heterocycles. The molecule has 0 aromatic carbocycles. The lowest BCUT2D eigenvalue weighted by molar-refractivity contribution is -0.141. The molecule has 0 saturated heterocycles. The third kappa shape index (κ3) is 7.05. The van der Waals surface area contributed by atoms with Gasteiger partial charge in [0.1, 0.15) is 0 Å². The van der Waals surface area contributed by atoms with Gasteiger partial charge in [-0.1, -0.05) is 42.1 Å². The molecule has 0 heterocycles. The molecule has 3 heteroatoms. The molecule has 0 rings (SSSR count). The Morgan fingerprint density at radius 2 is 1.92 bits per heavy atom. The second-order valence-electron chi connectivity index (χ2n) is 3.22. The number of hydrogen-bond donors (Lipinski definition) is 1. The molecule has 0 aliphatic carbocycles. The fourth-order valence-corrected chi connectivity index (χ4v) is 1.63. The first-order chi connectivity index (χ1) is 6.22. The van der Waals surface area contributed by atoms with Gasteiger partial charge in [0.05, 0.1) is 5.92 Å². The van der Waals surface area contributed by atoms with Crippen molar-refractivity contribution in [2.75, 3.05) is 5.33 Å². The van der Waals surface area contributed by atoms with Gasteiger partial charge >= 0.3 is 5.97 Å². The Bertz CT molecular complexity index is 137. The zero-order valence-electron chi connectivity index (χ0n) is 7.97. The molecule has 1 N–H and O–H groups in total. The van der Waals surface area contributed by atoms with Crippen LogP contribution < -0.4 is 0 Å². The molecule has 13 heavy (non-hydrogen) atoms. The average Bonchev–Trinajstić information content (AvgIpc) is 2.10. The number of carboxylic acids is 1. The lowest BCUT2D eigenvalue weighted by Crippen LogP contribution is -2.12. The Hall–Kier alpha value is -0.0500. The van der Waals surface area contributed by atoms with Crippen LogP contribution in [-0.2, 0) is 4.79 Å². The lowest BCUT2D eigenvalue weighted by atomic mass is 9.99. The Morgan fingerprint density at radius 1 is 1.31 bits per heavy atom. The molecule has 0 spiro atoms. The van der Waals surface area contributed by atoms with Gasteiger partial charge in [-0.3, -0.25) is 4.79 Å². The SMILES string of the molecule is [CH2]CC(CCCCCCBr)C(=O)O. The minimum absolute atomic E-state index is 0.232. The number of carbonyl (C=O) groups is 1. The first kappa shape index (κ1) is 12.9. The van der Waals surface area contributed by atoms with E-state index in [0.717, 1.165) is 24.6 Å². The van der Waals surface area contributed by atoms with Crippen molar-refractivity contribution in [3.05, 3.63) is 6.92 Å². The van der Waals surface area contributed by atoms with Crippen LogP contribution in [0.25, 0.3) is 0 Å². The van der Waals surface area contributed by atoms with Gasteiger partial charge in [-0.05, 0) is 19.3 Å². The molecule has 0 aliphatic heterocycles. The third-order valence-electron chi connectivity index (χ3n) is 2.13. The summed E-state index contributed by atoms with van der Waals surface area (Å²) in [4.78, 5) is 10.6. The van der Waals surface area contributed by atoms with Crippen molar-refractivity contribution < 1.29 is 9.90 Å². The van der Waals surface area contributed by atoms with E-state index in [-0.39, 0.29) is 5.92 Å². The summed E-state index contributed by atoms with van der Waals surface area (Å²) in [7, 11) is 0. The van der Waals surface area contributed by atoms with Crippen LogP contribution in [0.15, 0.2) is 0 Å². The number of carboxylic acid groups (broad SMARTS) is 1. The topological polar surface area (TPSA) is 37.3 Å². The van der Waals surface area contributed by atoms with Crippen LogP contribution in [0, 0.1) is 12.8 Å². The van der Waals surface area contributed by atoms with Crippen molar-refractivity contribution in [1.29, 1.82) is 0 Å². The second-order valence-corrected chi connectivity index (χ2v) is 4.01. The molecule has 1 unspecified atom stereocenters. The minimum atomic E-state index is -0.699. The zero-order chi connectivity index (χ0) is 10.1. The standard InChI is InChI=1S/C10H18BrO2/c1-2-9(10(12)13)7-5-3-4-6-8-11/h9H,1-8H2,(H,12,13). The highest BCUT2D eigenvalue weighted by molar-refractivity contribution is 9.09. The van der Waals surface area contributed by atoms with Gasteiger partial charge < -0.3 is 5.11 Å². The highest BCUT2D eigenvalue weighted by Crippen LogP contribution is 2.14. The predicted molar refractivity (Wildman–Crippen MR) is 58.0 cm³/mol. The quantitative estimate of drug-likeness (QED) is 0.530. The monoisotopic (exact) mass is 249 g/mol. The average molecular weight is 250 g/mol. The largest absolute Gasteiger partial charge is 0.481 e. The highest BCUT2D eigenvalue weighted by atomic mass is 79.9. The number of rotatable bonds is 8. The summed E-state index contributed by atoms with van der Waals surface area (Å²) in [5.41, 5.74) is 0. The van der Waals surface area contributed by atoms with E-state index < -0.39 is 5.97 Å². The molecule has 0 bridgehead atoms. The van der Waals surface area contributed by atoms with Gasteiger partial charge in [-0.25, -0.2) is 0 Å². The maximum absolute atomic E-state index is 10.6. The van der Waals surface area contributed by atoms with E-state index >= 15 is 0 Å². The van der Waals surface area contributed by atoms with Crippen molar-refractivity contribution in [2.45, 2.75) is 38.5 Å². The maximum atomic E-state index is 10.6. The van der Waals surface area contributed by atoms with Gasteiger partial charge in [-0.2, -0.15) is 0 Å². The van der Waals surface area contributed by atoms with Crippen LogP contribution in [0.3, 0.4) is 0 Å².